The van der Waals surface area contributed by atoms with Gasteiger partial charge >= 0.3 is 0 Å². The fourth-order valence-corrected chi connectivity index (χ4v) is 3.36. The number of carbonyl (C=O) groups is 1. The Balaban J connectivity index is 1.71. The van der Waals surface area contributed by atoms with Crippen molar-refractivity contribution < 1.29 is 9.21 Å². The molecule has 0 bridgehead atoms. The second kappa shape index (κ2) is 7.23. The predicted molar refractivity (Wildman–Crippen MR) is 89.3 cm³/mol. The number of rotatable bonds is 5. The Labute approximate surface area is 143 Å². The highest BCUT2D eigenvalue weighted by Gasteiger charge is 2.25. The summed E-state index contributed by atoms with van der Waals surface area (Å²) in [6, 6.07) is 7.91. The second-order valence-electron chi connectivity index (χ2n) is 5.80. The molecule has 1 atom stereocenters. The molecule has 2 N–H and O–H groups in total. The molecule has 0 spiro atoms. The van der Waals surface area contributed by atoms with Crippen LogP contribution in [0.2, 0.25) is 0 Å². The van der Waals surface area contributed by atoms with Gasteiger partial charge in [0.2, 0.25) is 17.7 Å². The third-order valence-corrected chi connectivity index (χ3v) is 4.56. The number of carbonyl (C=O) groups excluding carboxylic acids is 1. The van der Waals surface area contributed by atoms with E-state index in [2.05, 4.69) is 31.0 Å². The quantitative estimate of drug-likeness (QED) is 0.864. The molecule has 0 aliphatic carbocycles. The number of hydrogen-bond acceptors (Lipinski definition) is 5. The summed E-state index contributed by atoms with van der Waals surface area (Å²) in [4.78, 5) is 13.4. The van der Waals surface area contributed by atoms with Crippen LogP contribution in [0.1, 0.15) is 31.6 Å². The van der Waals surface area contributed by atoms with Crippen LogP contribution in [0.5, 0.6) is 0 Å². The van der Waals surface area contributed by atoms with Crippen molar-refractivity contribution in [1.82, 2.24) is 15.1 Å². The summed E-state index contributed by atoms with van der Waals surface area (Å²) in [6.45, 7) is 1.48. The van der Waals surface area contributed by atoms with Gasteiger partial charge in [-0.25, -0.2) is 0 Å². The zero-order valence-corrected chi connectivity index (χ0v) is 14.3. The van der Waals surface area contributed by atoms with Crippen LogP contribution in [0, 0.1) is 0 Å². The highest BCUT2D eigenvalue weighted by molar-refractivity contribution is 9.10. The lowest BCUT2D eigenvalue weighted by atomic mass is 9.99. The van der Waals surface area contributed by atoms with Crippen LogP contribution < -0.4 is 5.73 Å². The Bertz CT molecular complexity index is 688. The summed E-state index contributed by atoms with van der Waals surface area (Å²) in [5, 5.41) is 8.26. The zero-order valence-electron chi connectivity index (χ0n) is 12.7. The number of piperidine rings is 1. The number of aromatic nitrogens is 2. The fraction of sp³-hybridized carbons (Fsp3) is 0.438. The fourth-order valence-electron chi connectivity index (χ4n) is 2.96. The third kappa shape index (κ3) is 4.17. The Hall–Kier alpha value is -1.73. The molecule has 0 radical (unpaired) electrons. The van der Waals surface area contributed by atoms with Crippen LogP contribution in [0.15, 0.2) is 33.2 Å². The molecule has 1 aromatic heterocycles. The largest absolute Gasteiger partial charge is 0.419 e. The van der Waals surface area contributed by atoms with Gasteiger partial charge < -0.3 is 10.2 Å². The molecule has 3 rings (SSSR count). The first-order valence-electron chi connectivity index (χ1n) is 7.72. The van der Waals surface area contributed by atoms with Gasteiger partial charge in [-0.2, -0.15) is 0 Å². The summed E-state index contributed by atoms with van der Waals surface area (Å²) < 4.78 is 6.74. The number of nitrogens with two attached hydrogens (primary N) is 1. The minimum Gasteiger partial charge on any atom is -0.419 e. The lowest BCUT2D eigenvalue weighted by molar-refractivity contribution is -0.119. The molecule has 1 fully saturated rings. The molecule has 1 unspecified atom stereocenters. The van der Waals surface area contributed by atoms with E-state index in [0.29, 0.717) is 24.7 Å². The number of benzene rings is 1. The van der Waals surface area contributed by atoms with E-state index in [1.165, 1.54) is 0 Å². The van der Waals surface area contributed by atoms with Gasteiger partial charge in [-0.1, -0.05) is 28.4 Å². The van der Waals surface area contributed by atoms with E-state index in [1.807, 2.05) is 24.3 Å². The van der Waals surface area contributed by atoms with Crippen molar-refractivity contribution in [2.24, 2.45) is 5.73 Å². The summed E-state index contributed by atoms with van der Waals surface area (Å²) in [5.41, 5.74) is 6.23. The normalized spacial score (nSPS) is 18.9. The maximum absolute atomic E-state index is 11.2. The van der Waals surface area contributed by atoms with Gasteiger partial charge in [0.05, 0.1) is 6.54 Å². The molecule has 2 aromatic rings. The van der Waals surface area contributed by atoms with Crippen molar-refractivity contribution in [3.63, 3.8) is 0 Å². The van der Waals surface area contributed by atoms with Crippen molar-refractivity contribution in [2.75, 3.05) is 6.54 Å². The van der Waals surface area contributed by atoms with Crippen molar-refractivity contribution >= 4 is 21.8 Å². The number of primary amides is 1. The van der Waals surface area contributed by atoms with Crippen LogP contribution in [-0.2, 0) is 11.3 Å². The number of likely N-dealkylation sites (tertiary alicyclic amines) is 1. The summed E-state index contributed by atoms with van der Waals surface area (Å²) in [7, 11) is 0. The van der Waals surface area contributed by atoms with E-state index in [4.69, 9.17) is 10.2 Å². The molecule has 1 aliphatic rings. The molecule has 7 heteroatoms. The highest BCUT2D eigenvalue weighted by atomic mass is 79.9. The van der Waals surface area contributed by atoms with Crippen LogP contribution in [-0.4, -0.2) is 33.6 Å². The maximum atomic E-state index is 11.2. The first-order chi connectivity index (χ1) is 11.1. The molecular formula is C16H19BrN4O2. The van der Waals surface area contributed by atoms with Crippen molar-refractivity contribution in [1.29, 1.82) is 0 Å². The second-order valence-corrected chi connectivity index (χ2v) is 6.72. The lowest BCUT2D eigenvalue weighted by Gasteiger charge is -2.33. The molecule has 23 heavy (non-hydrogen) atoms. The van der Waals surface area contributed by atoms with E-state index < -0.39 is 0 Å². The smallest absolute Gasteiger partial charge is 0.247 e. The SMILES string of the molecule is NC(=O)CC1CCCCN1Cc1nnc(-c2cccc(Br)c2)o1. The first kappa shape index (κ1) is 16.1. The number of halogens is 1. The minimum absolute atomic E-state index is 0.169. The van der Waals surface area contributed by atoms with Crippen LogP contribution >= 0.6 is 15.9 Å². The third-order valence-electron chi connectivity index (χ3n) is 4.06. The Morgan fingerprint density at radius 1 is 1.39 bits per heavy atom. The highest BCUT2D eigenvalue weighted by Crippen LogP contribution is 2.24. The number of hydrogen-bond donors (Lipinski definition) is 1. The zero-order chi connectivity index (χ0) is 16.2. The predicted octanol–water partition coefficient (Wildman–Crippen LogP) is 2.73. The van der Waals surface area contributed by atoms with E-state index >= 15 is 0 Å². The van der Waals surface area contributed by atoms with Crippen LogP contribution in [0.3, 0.4) is 0 Å². The molecule has 1 aliphatic heterocycles. The average molecular weight is 379 g/mol. The molecule has 6 nitrogen and oxygen atoms in total. The van der Waals surface area contributed by atoms with Gasteiger partial charge in [-0.15, -0.1) is 10.2 Å². The van der Waals surface area contributed by atoms with Crippen LogP contribution in [0.4, 0.5) is 0 Å². The average Bonchev–Trinajstić information content (AvgIpc) is 2.97. The summed E-state index contributed by atoms with van der Waals surface area (Å²) >= 11 is 3.43. The molecular weight excluding hydrogens is 360 g/mol. The van der Waals surface area contributed by atoms with Gasteiger partial charge in [0, 0.05) is 22.5 Å². The van der Waals surface area contributed by atoms with Crippen LogP contribution in [0.25, 0.3) is 11.5 Å². The summed E-state index contributed by atoms with van der Waals surface area (Å²) in [5.74, 6) is 0.809. The molecule has 1 saturated heterocycles. The molecule has 1 amide bonds. The monoisotopic (exact) mass is 378 g/mol. The number of nitrogens with zero attached hydrogens (tertiary/aromatic N) is 3. The van der Waals surface area contributed by atoms with E-state index in [1.54, 1.807) is 0 Å². The van der Waals surface area contributed by atoms with Crippen molar-refractivity contribution in [2.45, 2.75) is 38.3 Å². The standard InChI is InChI=1S/C16H19BrN4O2/c17-12-5-3-4-11(8-12)16-20-19-15(23-16)10-21-7-2-1-6-13(21)9-14(18)22/h3-5,8,13H,1-2,6-7,9-10H2,(H2,18,22). The van der Waals surface area contributed by atoms with Gasteiger partial charge in [-0.05, 0) is 37.6 Å². The van der Waals surface area contributed by atoms with Gasteiger partial charge in [-0.3, -0.25) is 9.69 Å². The van der Waals surface area contributed by atoms with Gasteiger partial charge in [0.25, 0.3) is 0 Å². The molecule has 2 heterocycles. The van der Waals surface area contributed by atoms with Gasteiger partial charge in [0.1, 0.15) is 0 Å². The van der Waals surface area contributed by atoms with Crippen molar-refractivity contribution in [3.05, 3.63) is 34.6 Å². The minimum atomic E-state index is -0.262. The molecule has 0 saturated carbocycles. The first-order valence-corrected chi connectivity index (χ1v) is 8.52. The van der Waals surface area contributed by atoms with E-state index in [0.717, 1.165) is 35.8 Å². The summed E-state index contributed by atoms with van der Waals surface area (Å²) in [6.07, 6.45) is 3.60. The molecule has 122 valence electrons. The molecule has 1 aromatic carbocycles. The Morgan fingerprint density at radius 2 is 2.26 bits per heavy atom. The maximum Gasteiger partial charge on any atom is 0.247 e. The topological polar surface area (TPSA) is 85.3 Å². The Morgan fingerprint density at radius 3 is 3.04 bits per heavy atom. The van der Waals surface area contributed by atoms with E-state index in [-0.39, 0.29) is 11.9 Å². The number of amides is 1. The lowest BCUT2D eigenvalue weighted by Crippen LogP contribution is -2.41. The Kier molecular flexibility index (Phi) is 5.07. The van der Waals surface area contributed by atoms with E-state index in [9.17, 15) is 4.79 Å². The van der Waals surface area contributed by atoms with Gasteiger partial charge in [0.15, 0.2) is 0 Å². The van der Waals surface area contributed by atoms with Crippen molar-refractivity contribution in [3.8, 4) is 11.5 Å².